The molecule has 0 spiro atoms. The van der Waals surface area contributed by atoms with E-state index in [4.69, 9.17) is 5.73 Å². The lowest BCUT2D eigenvalue weighted by molar-refractivity contribution is 0.0466. The van der Waals surface area contributed by atoms with E-state index < -0.39 is 0 Å². The average molecular weight is 384 g/mol. The Balaban J connectivity index is 1.53. The van der Waals surface area contributed by atoms with Crippen molar-refractivity contribution in [2.45, 2.75) is 105 Å². The third-order valence-corrected chi connectivity index (χ3v) is 9.81. The summed E-state index contributed by atoms with van der Waals surface area (Å²) in [6, 6.07) is 0.394. The Morgan fingerprint density at radius 3 is 2.50 bits per heavy atom. The summed E-state index contributed by atoms with van der Waals surface area (Å²) in [6.45, 7) is 12.6. The summed E-state index contributed by atoms with van der Waals surface area (Å²) in [4.78, 5) is 0. The van der Waals surface area contributed by atoms with Gasteiger partial charge in [0, 0.05) is 6.04 Å². The van der Waals surface area contributed by atoms with Crippen molar-refractivity contribution in [3.63, 3.8) is 0 Å². The zero-order valence-corrected chi connectivity index (χ0v) is 19.3. The molecule has 1 nitrogen and oxygen atoms in total. The van der Waals surface area contributed by atoms with Crippen LogP contribution >= 0.6 is 0 Å². The van der Waals surface area contributed by atoms with Gasteiger partial charge in [-0.3, -0.25) is 0 Å². The van der Waals surface area contributed by atoms with Crippen LogP contribution in [-0.2, 0) is 0 Å². The van der Waals surface area contributed by atoms with Crippen molar-refractivity contribution in [2.75, 3.05) is 0 Å². The van der Waals surface area contributed by atoms with Crippen LogP contribution in [0.2, 0.25) is 0 Å². The Bertz CT molecular complexity index is 643. The van der Waals surface area contributed by atoms with Crippen LogP contribution in [0.5, 0.6) is 0 Å². The van der Waals surface area contributed by atoms with Crippen LogP contribution in [0.15, 0.2) is 23.3 Å². The standard InChI is InChI=1S/C27H45N/c1-18(2)7-6-8-19(3)23-11-12-24-22-10-9-20-17-21(28)13-15-26(20,4)25(22)14-16-27(23,24)5/h9-10,18-19,21,23-25H,6-8,11-17,28H2,1-5H3. The second-order valence-corrected chi connectivity index (χ2v) is 11.9. The van der Waals surface area contributed by atoms with Crippen LogP contribution in [0.4, 0.5) is 0 Å². The van der Waals surface area contributed by atoms with Crippen LogP contribution in [0, 0.1) is 40.4 Å². The molecule has 0 aliphatic heterocycles. The number of hydrogen-bond donors (Lipinski definition) is 1. The highest BCUT2D eigenvalue weighted by atomic mass is 14.7. The molecule has 0 radical (unpaired) electrons. The van der Waals surface area contributed by atoms with E-state index in [9.17, 15) is 0 Å². The molecule has 7 unspecified atom stereocenters. The topological polar surface area (TPSA) is 26.0 Å². The maximum Gasteiger partial charge on any atom is 0.00767 e. The molecule has 4 rings (SSSR count). The summed E-state index contributed by atoms with van der Waals surface area (Å²) < 4.78 is 0. The molecule has 158 valence electrons. The number of rotatable bonds is 5. The third kappa shape index (κ3) is 3.34. The van der Waals surface area contributed by atoms with Crippen molar-refractivity contribution in [1.29, 1.82) is 0 Å². The van der Waals surface area contributed by atoms with Crippen LogP contribution in [-0.4, -0.2) is 6.04 Å². The molecule has 0 aromatic rings. The zero-order valence-electron chi connectivity index (χ0n) is 19.3. The zero-order chi connectivity index (χ0) is 20.1. The lowest BCUT2D eigenvalue weighted by Gasteiger charge is -2.55. The highest BCUT2D eigenvalue weighted by Crippen LogP contribution is 2.66. The van der Waals surface area contributed by atoms with E-state index in [2.05, 4.69) is 46.8 Å². The van der Waals surface area contributed by atoms with E-state index >= 15 is 0 Å². The van der Waals surface area contributed by atoms with E-state index in [0.29, 0.717) is 16.9 Å². The molecule has 3 fully saturated rings. The van der Waals surface area contributed by atoms with E-state index in [1.54, 1.807) is 5.57 Å². The molecule has 3 saturated carbocycles. The van der Waals surface area contributed by atoms with Gasteiger partial charge in [0.25, 0.3) is 0 Å². The van der Waals surface area contributed by atoms with Gasteiger partial charge in [-0.05, 0) is 85.4 Å². The van der Waals surface area contributed by atoms with Gasteiger partial charge in [0.15, 0.2) is 0 Å². The van der Waals surface area contributed by atoms with Gasteiger partial charge < -0.3 is 5.73 Å². The molecule has 0 bridgehead atoms. The van der Waals surface area contributed by atoms with Gasteiger partial charge >= 0.3 is 0 Å². The van der Waals surface area contributed by atoms with Crippen LogP contribution in [0.3, 0.4) is 0 Å². The van der Waals surface area contributed by atoms with E-state index in [1.807, 2.05) is 5.57 Å². The average Bonchev–Trinajstić information content (AvgIpc) is 2.99. The highest BCUT2D eigenvalue weighted by molar-refractivity contribution is 5.39. The van der Waals surface area contributed by atoms with Crippen molar-refractivity contribution in [3.05, 3.63) is 23.3 Å². The van der Waals surface area contributed by atoms with Gasteiger partial charge in [0.1, 0.15) is 0 Å². The lowest BCUT2D eigenvalue weighted by atomic mass is 9.50. The fourth-order valence-corrected chi connectivity index (χ4v) is 8.06. The van der Waals surface area contributed by atoms with Crippen molar-refractivity contribution in [1.82, 2.24) is 0 Å². The van der Waals surface area contributed by atoms with Gasteiger partial charge in [-0.1, -0.05) is 77.2 Å². The lowest BCUT2D eigenvalue weighted by Crippen LogP contribution is -2.47. The van der Waals surface area contributed by atoms with Crippen molar-refractivity contribution < 1.29 is 0 Å². The van der Waals surface area contributed by atoms with E-state index in [-0.39, 0.29) is 0 Å². The summed E-state index contributed by atoms with van der Waals surface area (Å²) in [5, 5.41) is 0. The summed E-state index contributed by atoms with van der Waals surface area (Å²) in [5.41, 5.74) is 10.8. The van der Waals surface area contributed by atoms with Gasteiger partial charge in [-0.25, -0.2) is 0 Å². The molecule has 28 heavy (non-hydrogen) atoms. The second kappa shape index (κ2) is 7.60. The first kappa shape index (κ1) is 20.7. The van der Waals surface area contributed by atoms with E-state index in [0.717, 1.165) is 36.0 Å². The Hall–Kier alpha value is -0.560. The first-order valence-electron chi connectivity index (χ1n) is 12.4. The predicted octanol–water partition coefficient (Wildman–Crippen LogP) is 7.28. The van der Waals surface area contributed by atoms with Crippen molar-refractivity contribution >= 4 is 0 Å². The highest BCUT2D eigenvalue weighted by Gasteiger charge is 2.56. The van der Waals surface area contributed by atoms with Gasteiger partial charge in [-0.2, -0.15) is 0 Å². The minimum absolute atomic E-state index is 0.394. The predicted molar refractivity (Wildman–Crippen MR) is 121 cm³/mol. The molecule has 4 aliphatic carbocycles. The SMILES string of the molecule is CC(C)CCCC(C)C1CCC2C3=CC=C4CC(N)CCC4(C)C3CCC21C. The number of allylic oxidation sites excluding steroid dienone is 3. The molecular formula is C27H45N. The van der Waals surface area contributed by atoms with E-state index in [1.165, 1.54) is 57.8 Å². The number of hydrogen-bond acceptors (Lipinski definition) is 1. The summed E-state index contributed by atoms with van der Waals surface area (Å²) in [5.74, 6) is 4.32. The molecule has 0 saturated heterocycles. The quantitative estimate of drug-likeness (QED) is 0.530. The van der Waals surface area contributed by atoms with Crippen LogP contribution in [0.25, 0.3) is 0 Å². The summed E-state index contributed by atoms with van der Waals surface area (Å²) in [7, 11) is 0. The Labute approximate surface area is 174 Å². The minimum Gasteiger partial charge on any atom is -0.327 e. The summed E-state index contributed by atoms with van der Waals surface area (Å²) >= 11 is 0. The van der Waals surface area contributed by atoms with Gasteiger partial charge in [0.05, 0.1) is 0 Å². The second-order valence-electron chi connectivity index (χ2n) is 11.9. The van der Waals surface area contributed by atoms with Crippen LogP contribution < -0.4 is 5.73 Å². The van der Waals surface area contributed by atoms with Crippen molar-refractivity contribution in [3.8, 4) is 0 Å². The molecule has 2 N–H and O–H groups in total. The first-order valence-corrected chi connectivity index (χ1v) is 12.4. The normalized spacial score (nSPS) is 43.7. The molecule has 0 aromatic heterocycles. The minimum atomic E-state index is 0.394. The molecule has 0 heterocycles. The fraction of sp³-hybridized carbons (Fsp3) is 0.852. The maximum atomic E-state index is 6.32. The molecule has 4 aliphatic rings. The number of nitrogens with two attached hydrogens (primary N) is 1. The first-order chi connectivity index (χ1) is 13.3. The third-order valence-electron chi connectivity index (χ3n) is 9.81. The van der Waals surface area contributed by atoms with Crippen LogP contribution in [0.1, 0.15) is 98.8 Å². The largest absolute Gasteiger partial charge is 0.327 e. The molecular weight excluding hydrogens is 338 g/mol. The van der Waals surface area contributed by atoms with Gasteiger partial charge in [0.2, 0.25) is 0 Å². The fourth-order valence-electron chi connectivity index (χ4n) is 8.06. The Morgan fingerprint density at radius 2 is 1.75 bits per heavy atom. The monoisotopic (exact) mass is 383 g/mol. The Kier molecular flexibility index (Phi) is 5.62. The molecule has 0 amide bonds. The maximum absolute atomic E-state index is 6.32. The van der Waals surface area contributed by atoms with Gasteiger partial charge in [-0.15, -0.1) is 0 Å². The smallest absolute Gasteiger partial charge is 0.00767 e. The summed E-state index contributed by atoms with van der Waals surface area (Å²) in [6.07, 6.45) is 18.8. The molecule has 1 heteroatoms. The number of fused-ring (bicyclic) bond motifs is 5. The van der Waals surface area contributed by atoms with Crippen molar-refractivity contribution in [2.24, 2.45) is 46.2 Å². The molecule has 7 atom stereocenters. The molecule has 0 aromatic carbocycles. The Morgan fingerprint density at radius 1 is 0.964 bits per heavy atom.